The number of benzene rings is 1. The number of hydrogen-bond donors (Lipinski definition) is 1. The number of hydrogen-bond acceptors (Lipinski definition) is 2. The van der Waals surface area contributed by atoms with Crippen LogP contribution in [0.5, 0.6) is 0 Å². The fraction of sp³-hybridized carbons (Fsp3) is 0.250. The molecule has 0 aliphatic rings. The van der Waals surface area contributed by atoms with Gasteiger partial charge in [0.15, 0.2) is 0 Å². The maximum absolute atomic E-state index is 12.2. The maximum Gasteiger partial charge on any atom is 0.252 e. The highest BCUT2D eigenvalue weighted by Crippen LogP contribution is 2.18. The van der Waals surface area contributed by atoms with Crippen LogP contribution in [0.1, 0.15) is 35.5 Å². The monoisotopic (exact) mass is 254 g/mol. The molecule has 1 aromatic carbocycles. The van der Waals surface area contributed by atoms with Gasteiger partial charge in [0.05, 0.1) is 11.2 Å². The highest BCUT2D eigenvalue weighted by molar-refractivity contribution is 5.94. The molecule has 0 bridgehead atoms. The number of pyridine rings is 1. The van der Waals surface area contributed by atoms with Gasteiger partial charge < -0.3 is 5.32 Å². The third-order valence-corrected chi connectivity index (χ3v) is 3.01. The van der Waals surface area contributed by atoms with E-state index in [1.165, 1.54) is 0 Å². The van der Waals surface area contributed by atoms with E-state index in [2.05, 4.69) is 10.3 Å². The summed E-state index contributed by atoms with van der Waals surface area (Å²) in [7, 11) is 0. The number of amides is 1. The number of aryl methyl sites for hydroxylation is 1. The normalized spacial score (nSPS) is 11.1. The number of nitrogens with zero attached hydrogens (tertiary/aromatic N) is 1. The van der Waals surface area contributed by atoms with Crippen molar-refractivity contribution in [2.75, 3.05) is 0 Å². The topological polar surface area (TPSA) is 42.0 Å². The van der Waals surface area contributed by atoms with E-state index in [-0.39, 0.29) is 5.91 Å². The lowest BCUT2D eigenvalue weighted by atomic mass is 9.99. The Balaban J connectivity index is 2.19. The van der Waals surface area contributed by atoms with Gasteiger partial charge in [0, 0.05) is 11.8 Å². The van der Waals surface area contributed by atoms with Crippen LogP contribution in [0.2, 0.25) is 0 Å². The van der Waals surface area contributed by atoms with E-state index in [9.17, 15) is 4.79 Å². The number of rotatable bonds is 3. The number of aromatic nitrogens is 1. The van der Waals surface area contributed by atoms with Crippen LogP contribution in [0.25, 0.3) is 0 Å². The van der Waals surface area contributed by atoms with Crippen LogP contribution in [0.15, 0.2) is 48.7 Å². The molecule has 98 valence electrons. The zero-order chi connectivity index (χ0) is 13.9. The Hall–Kier alpha value is -2.16. The molecule has 0 saturated carbocycles. The van der Waals surface area contributed by atoms with Gasteiger partial charge in [0.2, 0.25) is 0 Å². The first-order chi connectivity index (χ1) is 8.99. The third-order valence-electron chi connectivity index (χ3n) is 3.01. The van der Waals surface area contributed by atoms with Crippen LogP contribution in [-0.2, 0) is 5.54 Å². The Bertz CT molecular complexity index is 576. The molecule has 3 heteroatoms. The third kappa shape index (κ3) is 3.19. The average Bonchev–Trinajstić information content (AvgIpc) is 2.39. The second-order valence-electron chi connectivity index (χ2n) is 5.16. The second kappa shape index (κ2) is 5.22. The lowest BCUT2D eigenvalue weighted by Crippen LogP contribution is -2.41. The molecule has 1 N–H and O–H groups in total. The minimum Gasteiger partial charge on any atom is -0.342 e. The fourth-order valence-electron chi connectivity index (χ4n) is 1.94. The first-order valence-corrected chi connectivity index (χ1v) is 6.30. The van der Waals surface area contributed by atoms with E-state index < -0.39 is 5.54 Å². The summed E-state index contributed by atoms with van der Waals surface area (Å²) in [5, 5.41) is 3.01. The van der Waals surface area contributed by atoms with Gasteiger partial charge in [0.1, 0.15) is 0 Å². The van der Waals surface area contributed by atoms with Gasteiger partial charge >= 0.3 is 0 Å². The molecule has 0 spiro atoms. The molecular weight excluding hydrogens is 236 g/mol. The van der Waals surface area contributed by atoms with E-state index in [1.54, 1.807) is 6.20 Å². The number of carbonyl (C=O) groups is 1. The SMILES string of the molecule is Cc1cccc(C(=O)NC(C)(C)c2ccccn2)c1. The van der Waals surface area contributed by atoms with E-state index >= 15 is 0 Å². The Morgan fingerprint density at radius 2 is 1.95 bits per heavy atom. The summed E-state index contributed by atoms with van der Waals surface area (Å²) in [6, 6.07) is 13.3. The Kier molecular flexibility index (Phi) is 3.65. The molecule has 1 heterocycles. The van der Waals surface area contributed by atoms with Gasteiger partial charge in [-0.15, -0.1) is 0 Å². The van der Waals surface area contributed by atoms with E-state index in [4.69, 9.17) is 0 Å². The summed E-state index contributed by atoms with van der Waals surface area (Å²) >= 11 is 0. The van der Waals surface area contributed by atoms with E-state index in [0.29, 0.717) is 5.56 Å². The van der Waals surface area contributed by atoms with Crippen molar-refractivity contribution in [3.8, 4) is 0 Å². The van der Waals surface area contributed by atoms with Gasteiger partial charge in [-0.2, -0.15) is 0 Å². The molecule has 0 aliphatic heterocycles. The first-order valence-electron chi connectivity index (χ1n) is 6.30. The van der Waals surface area contributed by atoms with Crippen LogP contribution in [0, 0.1) is 6.92 Å². The van der Waals surface area contributed by atoms with Crippen molar-refractivity contribution in [1.82, 2.24) is 10.3 Å². The molecule has 0 saturated heterocycles. The number of nitrogens with one attached hydrogen (secondary N) is 1. The van der Waals surface area contributed by atoms with Crippen molar-refractivity contribution < 1.29 is 4.79 Å². The van der Waals surface area contributed by atoms with Crippen molar-refractivity contribution in [3.63, 3.8) is 0 Å². The van der Waals surface area contributed by atoms with Gasteiger partial charge in [-0.25, -0.2) is 0 Å². The van der Waals surface area contributed by atoms with Crippen molar-refractivity contribution >= 4 is 5.91 Å². The molecule has 2 rings (SSSR count). The summed E-state index contributed by atoms with van der Waals surface area (Å²) < 4.78 is 0. The Morgan fingerprint density at radius 3 is 2.58 bits per heavy atom. The number of carbonyl (C=O) groups excluding carboxylic acids is 1. The minimum absolute atomic E-state index is 0.0839. The van der Waals surface area contributed by atoms with Crippen molar-refractivity contribution in [3.05, 3.63) is 65.5 Å². The zero-order valence-corrected chi connectivity index (χ0v) is 11.5. The summed E-state index contributed by atoms with van der Waals surface area (Å²) in [6.07, 6.45) is 1.73. The molecule has 3 nitrogen and oxygen atoms in total. The van der Waals surface area contributed by atoms with Gasteiger partial charge in [-0.3, -0.25) is 9.78 Å². The van der Waals surface area contributed by atoms with E-state index in [0.717, 1.165) is 11.3 Å². The van der Waals surface area contributed by atoms with Gasteiger partial charge in [-0.1, -0.05) is 23.8 Å². The minimum atomic E-state index is -0.498. The van der Waals surface area contributed by atoms with Crippen molar-refractivity contribution in [2.24, 2.45) is 0 Å². The Labute approximate surface area is 113 Å². The smallest absolute Gasteiger partial charge is 0.252 e. The summed E-state index contributed by atoms with van der Waals surface area (Å²) in [5.74, 6) is -0.0839. The first kappa shape index (κ1) is 13.3. The molecule has 1 aromatic heterocycles. The molecular formula is C16H18N2O. The second-order valence-corrected chi connectivity index (χ2v) is 5.16. The van der Waals surface area contributed by atoms with Crippen LogP contribution in [0.4, 0.5) is 0 Å². The summed E-state index contributed by atoms with van der Waals surface area (Å²) in [4.78, 5) is 16.5. The largest absolute Gasteiger partial charge is 0.342 e. The van der Waals surface area contributed by atoms with Crippen molar-refractivity contribution in [2.45, 2.75) is 26.3 Å². The predicted octanol–water partition coefficient (Wildman–Crippen LogP) is 3.06. The zero-order valence-electron chi connectivity index (χ0n) is 11.5. The molecule has 0 aliphatic carbocycles. The summed E-state index contributed by atoms with van der Waals surface area (Å²) in [5.41, 5.74) is 2.09. The van der Waals surface area contributed by atoms with Crippen LogP contribution < -0.4 is 5.32 Å². The highest BCUT2D eigenvalue weighted by atomic mass is 16.1. The van der Waals surface area contributed by atoms with Gasteiger partial charge in [-0.05, 0) is 45.0 Å². The van der Waals surface area contributed by atoms with Crippen LogP contribution >= 0.6 is 0 Å². The van der Waals surface area contributed by atoms with Crippen LogP contribution in [-0.4, -0.2) is 10.9 Å². The lowest BCUT2D eigenvalue weighted by molar-refractivity contribution is 0.0910. The molecule has 0 fully saturated rings. The lowest BCUT2D eigenvalue weighted by Gasteiger charge is -2.25. The highest BCUT2D eigenvalue weighted by Gasteiger charge is 2.24. The fourth-order valence-corrected chi connectivity index (χ4v) is 1.94. The molecule has 2 aromatic rings. The Morgan fingerprint density at radius 1 is 1.16 bits per heavy atom. The molecule has 0 atom stereocenters. The standard InChI is InChI=1S/C16H18N2O/c1-12-7-6-8-13(11-12)15(19)18-16(2,3)14-9-4-5-10-17-14/h4-11H,1-3H3,(H,18,19). The van der Waals surface area contributed by atoms with E-state index in [1.807, 2.05) is 63.2 Å². The molecule has 19 heavy (non-hydrogen) atoms. The molecule has 0 unspecified atom stereocenters. The van der Waals surface area contributed by atoms with Crippen molar-refractivity contribution in [1.29, 1.82) is 0 Å². The average molecular weight is 254 g/mol. The van der Waals surface area contributed by atoms with Crippen LogP contribution in [0.3, 0.4) is 0 Å². The maximum atomic E-state index is 12.2. The molecule has 1 amide bonds. The summed E-state index contributed by atoms with van der Waals surface area (Å²) in [6.45, 7) is 5.87. The molecule has 0 radical (unpaired) electrons. The predicted molar refractivity (Wildman–Crippen MR) is 75.9 cm³/mol. The van der Waals surface area contributed by atoms with Gasteiger partial charge in [0.25, 0.3) is 5.91 Å². The quantitative estimate of drug-likeness (QED) is 0.914.